The predicted octanol–water partition coefficient (Wildman–Crippen LogP) is 0.378. The van der Waals surface area contributed by atoms with Gasteiger partial charge < -0.3 is 15.0 Å². The van der Waals surface area contributed by atoms with Crippen molar-refractivity contribution in [3.8, 4) is 0 Å². The first-order chi connectivity index (χ1) is 4.75. The number of methoxy groups -OCH3 is 1. The van der Waals surface area contributed by atoms with Crippen molar-refractivity contribution in [3.63, 3.8) is 0 Å². The third kappa shape index (κ3) is 3.46. The van der Waals surface area contributed by atoms with Crippen molar-refractivity contribution in [2.45, 2.75) is 12.1 Å². The summed E-state index contributed by atoms with van der Waals surface area (Å²) < 4.78 is 5.28. The Balaban J connectivity index is 0. The Kier molecular flexibility index (Phi) is 8.63. The monoisotopic (exact) mass is 216 g/mol. The molecule has 2 unspecified atom stereocenters. The van der Waals surface area contributed by atoms with Crippen molar-refractivity contribution >= 4 is 24.8 Å². The first-order valence-corrected chi connectivity index (χ1v) is 3.65. The first kappa shape index (κ1) is 15.0. The Hall–Kier alpha value is 0.460. The number of hydrogen-bond donors (Lipinski definition) is 1. The molecule has 0 aromatic heterocycles. The van der Waals surface area contributed by atoms with Crippen LogP contribution in [0.25, 0.3) is 0 Å². The number of hydrogen-bond acceptors (Lipinski definition) is 3. The quantitative estimate of drug-likeness (QED) is 0.723. The van der Waals surface area contributed by atoms with E-state index in [0.29, 0.717) is 12.1 Å². The normalized spacial score (nSPS) is 28.0. The van der Waals surface area contributed by atoms with Crippen LogP contribution in [0.4, 0.5) is 0 Å². The second-order valence-corrected chi connectivity index (χ2v) is 2.96. The van der Waals surface area contributed by atoms with Gasteiger partial charge in [0.15, 0.2) is 0 Å². The van der Waals surface area contributed by atoms with Gasteiger partial charge in [0.05, 0.1) is 6.10 Å². The van der Waals surface area contributed by atoms with Crippen molar-refractivity contribution in [1.29, 1.82) is 0 Å². The molecule has 0 saturated carbocycles. The first-order valence-electron chi connectivity index (χ1n) is 3.65. The predicted molar refractivity (Wildman–Crippen MR) is 55.6 cm³/mol. The molecule has 1 heterocycles. The van der Waals surface area contributed by atoms with Crippen LogP contribution in [0.5, 0.6) is 0 Å². The maximum Gasteiger partial charge on any atom is 0.0862 e. The average Bonchev–Trinajstić information content (AvgIpc) is 2.33. The van der Waals surface area contributed by atoms with Crippen LogP contribution in [0.1, 0.15) is 0 Å². The molecular formula is C7H18Cl2N2O. The molecule has 0 radical (unpaired) electrons. The van der Waals surface area contributed by atoms with E-state index in [2.05, 4.69) is 24.3 Å². The lowest BCUT2D eigenvalue weighted by atomic mass is 10.2. The number of ether oxygens (including phenoxy) is 1. The molecule has 0 bridgehead atoms. The van der Waals surface area contributed by atoms with Gasteiger partial charge >= 0.3 is 0 Å². The highest BCUT2D eigenvalue weighted by molar-refractivity contribution is 5.85. The molecule has 76 valence electrons. The van der Waals surface area contributed by atoms with Crippen LogP contribution in [0, 0.1) is 0 Å². The molecule has 0 aliphatic carbocycles. The van der Waals surface area contributed by atoms with E-state index in [-0.39, 0.29) is 24.8 Å². The van der Waals surface area contributed by atoms with Gasteiger partial charge in [0, 0.05) is 26.2 Å². The number of nitrogens with zero attached hydrogens (tertiary/aromatic N) is 1. The van der Waals surface area contributed by atoms with Crippen LogP contribution in [-0.4, -0.2) is 51.3 Å². The maximum absolute atomic E-state index is 5.28. The fourth-order valence-corrected chi connectivity index (χ4v) is 1.40. The maximum atomic E-state index is 5.28. The van der Waals surface area contributed by atoms with E-state index in [1.165, 1.54) is 0 Å². The summed E-state index contributed by atoms with van der Waals surface area (Å²) in [6.07, 6.45) is 0.370. The molecule has 0 aromatic rings. The summed E-state index contributed by atoms with van der Waals surface area (Å²) in [6, 6.07) is 0.546. The van der Waals surface area contributed by atoms with Gasteiger partial charge in [0.2, 0.25) is 0 Å². The number of likely N-dealkylation sites (N-methyl/N-ethyl adjacent to an activating group) is 1. The van der Waals surface area contributed by atoms with Crippen molar-refractivity contribution in [2.24, 2.45) is 0 Å². The highest BCUT2D eigenvalue weighted by atomic mass is 35.5. The number of nitrogens with one attached hydrogen (secondary N) is 1. The smallest absolute Gasteiger partial charge is 0.0862 e. The third-order valence-corrected chi connectivity index (χ3v) is 2.09. The van der Waals surface area contributed by atoms with E-state index in [1.807, 2.05) is 0 Å². The number of rotatable bonds is 2. The van der Waals surface area contributed by atoms with E-state index in [4.69, 9.17) is 4.74 Å². The second kappa shape index (κ2) is 6.92. The summed E-state index contributed by atoms with van der Waals surface area (Å²) in [6.45, 7) is 2.03. The van der Waals surface area contributed by atoms with Crippen LogP contribution in [-0.2, 0) is 4.74 Å². The van der Waals surface area contributed by atoms with E-state index in [1.54, 1.807) is 7.11 Å². The summed E-state index contributed by atoms with van der Waals surface area (Å²) in [5.74, 6) is 0. The van der Waals surface area contributed by atoms with Gasteiger partial charge in [0.25, 0.3) is 0 Å². The van der Waals surface area contributed by atoms with Crippen molar-refractivity contribution in [2.75, 3.05) is 34.3 Å². The fraction of sp³-hybridized carbons (Fsp3) is 1.00. The highest BCUT2D eigenvalue weighted by Gasteiger charge is 2.27. The van der Waals surface area contributed by atoms with Crippen LogP contribution in [0.2, 0.25) is 0 Å². The molecule has 3 nitrogen and oxygen atoms in total. The molecule has 0 amide bonds. The van der Waals surface area contributed by atoms with Crippen LogP contribution >= 0.6 is 24.8 Å². The summed E-state index contributed by atoms with van der Waals surface area (Å²) >= 11 is 0. The summed E-state index contributed by atoms with van der Waals surface area (Å²) in [4.78, 5) is 2.20. The van der Waals surface area contributed by atoms with Gasteiger partial charge in [-0.1, -0.05) is 0 Å². The molecule has 0 spiro atoms. The minimum Gasteiger partial charge on any atom is -0.378 e. The molecule has 1 saturated heterocycles. The summed E-state index contributed by atoms with van der Waals surface area (Å²) in [5, 5.41) is 3.29. The van der Waals surface area contributed by atoms with E-state index >= 15 is 0 Å². The Labute approximate surface area is 86.7 Å². The molecule has 1 fully saturated rings. The molecule has 12 heavy (non-hydrogen) atoms. The number of halogens is 2. The lowest BCUT2D eigenvalue weighted by molar-refractivity contribution is 0.0636. The third-order valence-electron chi connectivity index (χ3n) is 2.09. The SMILES string of the molecule is COC1CNCC1N(C)C.Cl.Cl. The van der Waals surface area contributed by atoms with Gasteiger partial charge in [0.1, 0.15) is 0 Å². The van der Waals surface area contributed by atoms with Crippen LogP contribution in [0.3, 0.4) is 0 Å². The van der Waals surface area contributed by atoms with Crippen molar-refractivity contribution in [1.82, 2.24) is 10.2 Å². The zero-order valence-corrected chi connectivity index (χ0v) is 9.37. The summed E-state index contributed by atoms with van der Waals surface area (Å²) in [7, 11) is 5.95. The second-order valence-electron chi connectivity index (χ2n) is 2.96. The van der Waals surface area contributed by atoms with Crippen LogP contribution < -0.4 is 5.32 Å². The Morgan fingerprint density at radius 2 is 1.83 bits per heavy atom. The van der Waals surface area contributed by atoms with Crippen LogP contribution in [0.15, 0.2) is 0 Å². The lowest BCUT2D eigenvalue weighted by Gasteiger charge is -2.23. The van der Waals surface area contributed by atoms with Gasteiger partial charge in [-0.15, -0.1) is 24.8 Å². The molecule has 5 heteroatoms. The van der Waals surface area contributed by atoms with E-state index in [9.17, 15) is 0 Å². The average molecular weight is 217 g/mol. The molecule has 1 aliphatic heterocycles. The Morgan fingerprint density at radius 1 is 1.25 bits per heavy atom. The molecule has 1 rings (SSSR count). The van der Waals surface area contributed by atoms with Crippen molar-refractivity contribution < 1.29 is 4.74 Å². The highest BCUT2D eigenvalue weighted by Crippen LogP contribution is 2.07. The molecule has 2 atom stereocenters. The summed E-state index contributed by atoms with van der Waals surface area (Å²) in [5.41, 5.74) is 0. The minimum absolute atomic E-state index is 0. The zero-order chi connectivity index (χ0) is 7.56. The molecular weight excluding hydrogens is 199 g/mol. The largest absolute Gasteiger partial charge is 0.378 e. The fourth-order valence-electron chi connectivity index (χ4n) is 1.40. The van der Waals surface area contributed by atoms with Gasteiger partial charge in [-0.2, -0.15) is 0 Å². The standard InChI is InChI=1S/C7H16N2O.2ClH/c1-9(2)6-4-8-5-7(6)10-3;;/h6-8H,4-5H2,1-3H3;2*1H. The Morgan fingerprint density at radius 3 is 2.17 bits per heavy atom. The van der Waals surface area contributed by atoms with E-state index < -0.39 is 0 Å². The van der Waals surface area contributed by atoms with Gasteiger partial charge in [-0.05, 0) is 14.1 Å². The zero-order valence-electron chi connectivity index (χ0n) is 7.74. The lowest BCUT2D eigenvalue weighted by Crippen LogP contribution is -2.38. The molecule has 0 aromatic carbocycles. The van der Waals surface area contributed by atoms with E-state index in [0.717, 1.165) is 13.1 Å². The van der Waals surface area contributed by atoms with Gasteiger partial charge in [-0.3, -0.25) is 0 Å². The topological polar surface area (TPSA) is 24.5 Å². The molecule has 1 aliphatic rings. The van der Waals surface area contributed by atoms with Gasteiger partial charge in [-0.25, -0.2) is 0 Å². The Bertz CT molecular complexity index is 114. The molecule has 1 N–H and O–H groups in total. The van der Waals surface area contributed by atoms with Crippen molar-refractivity contribution in [3.05, 3.63) is 0 Å². The minimum atomic E-state index is 0.